The molecule has 230 valence electrons. The quantitative estimate of drug-likeness (QED) is 0.0640. The number of amides is 3. The predicted octanol–water partition coefficient (Wildman–Crippen LogP) is -0.937. The van der Waals surface area contributed by atoms with Gasteiger partial charge < -0.3 is 46.9 Å². The summed E-state index contributed by atoms with van der Waals surface area (Å²) < 4.78 is 8.42. The second-order valence-electron chi connectivity index (χ2n) is 11.9. The highest BCUT2D eigenvalue weighted by atomic mass is 32.2. The normalized spacial score (nSPS) is 31.2. The van der Waals surface area contributed by atoms with E-state index >= 15 is 0 Å². The van der Waals surface area contributed by atoms with Crippen LogP contribution in [-0.4, -0.2) is 120 Å². The van der Waals surface area contributed by atoms with E-state index in [1.165, 1.54) is 10.9 Å². The zero-order valence-corrected chi connectivity index (χ0v) is 24.3. The third-order valence-electron chi connectivity index (χ3n) is 9.01. The Balaban J connectivity index is 0.890. The van der Waals surface area contributed by atoms with Crippen molar-refractivity contribution in [3.63, 3.8) is 0 Å². The van der Waals surface area contributed by atoms with Crippen molar-refractivity contribution in [2.75, 3.05) is 49.9 Å². The summed E-state index contributed by atoms with van der Waals surface area (Å²) in [6, 6.07) is 0.386. The molecule has 0 spiro atoms. The number of aliphatic hydroxyl groups is 2. The Bertz CT molecular complexity index is 1310. The fourth-order valence-corrected chi connectivity index (χ4v) is 8.01. The predicted molar refractivity (Wildman–Crippen MR) is 156 cm³/mol. The van der Waals surface area contributed by atoms with E-state index in [2.05, 4.69) is 30.9 Å². The number of nitrogen functional groups attached to an aromatic ring is 2. The number of rotatable bonds is 13. The monoisotopic (exact) mass is 605 g/mol. The van der Waals surface area contributed by atoms with E-state index in [9.17, 15) is 19.8 Å². The summed E-state index contributed by atoms with van der Waals surface area (Å²) in [5, 5.41) is 31.1. The highest BCUT2D eigenvalue weighted by molar-refractivity contribution is 8.00. The number of nitrogens with zero attached hydrogens (tertiary/aromatic N) is 5. The number of hydrogen-bond donors (Lipinski definition) is 7. The van der Waals surface area contributed by atoms with Gasteiger partial charge in [0.15, 0.2) is 23.2 Å². The standard InChI is InChI=1S/C26H40N10O5S/c27-22-19-23(31-13-30-22)35(25(28)33-19)24-21(39)20(38)15(41-24)11-36(9-10-36)8-4-3-7-29-17(37)6-2-1-5-16-18-14(12-42-16)32-26(40)34-18/h13-16,18,20-21,24,38-39H,1-12H2,(H6-,27,28,29,30,31,32,33,34,37,40)/p+1/t14-,15+,16-,18-,20+,21+,24+/m0/s1. The van der Waals surface area contributed by atoms with Crippen LogP contribution < -0.4 is 27.4 Å². The summed E-state index contributed by atoms with van der Waals surface area (Å²) in [4.78, 5) is 36.2. The lowest BCUT2D eigenvalue weighted by Gasteiger charge is -2.23. The van der Waals surface area contributed by atoms with Gasteiger partial charge in [-0.25, -0.2) is 19.7 Å². The van der Waals surface area contributed by atoms with Crippen molar-refractivity contribution in [2.45, 2.75) is 80.4 Å². The van der Waals surface area contributed by atoms with Crippen molar-refractivity contribution in [1.82, 2.24) is 35.5 Å². The van der Waals surface area contributed by atoms with E-state index < -0.39 is 24.5 Å². The number of imidazole rings is 1. The minimum absolute atomic E-state index is 0.0646. The molecule has 0 aliphatic carbocycles. The van der Waals surface area contributed by atoms with Crippen molar-refractivity contribution in [3.05, 3.63) is 6.33 Å². The summed E-state index contributed by atoms with van der Waals surface area (Å²) in [5.74, 6) is 1.29. The van der Waals surface area contributed by atoms with Crippen molar-refractivity contribution < 1.29 is 29.0 Å². The first kappa shape index (κ1) is 29.2. The maximum absolute atomic E-state index is 12.3. The zero-order valence-electron chi connectivity index (χ0n) is 23.5. The number of ether oxygens (including phenoxy) is 1. The summed E-state index contributed by atoms with van der Waals surface area (Å²) in [7, 11) is 0. The number of carbonyl (C=O) groups is 2. The number of anilines is 2. The van der Waals surface area contributed by atoms with Crippen LogP contribution in [0, 0.1) is 0 Å². The molecule has 0 unspecified atom stereocenters. The molecule has 6 rings (SSSR count). The molecule has 7 atom stereocenters. The van der Waals surface area contributed by atoms with Crippen molar-refractivity contribution >= 4 is 46.6 Å². The van der Waals surface area contributed by atoms with Gasteiger partial charge in [-0.05, 0) is 25.7 Å². The van der Waals surface area contributed by atoms with Gasteiger partial charge in [0.25, 0.3) is 0 Å². The molecular formula is C26H41N10O5S+. The smallest absolute Gasteiger partial charge is 0.315 e. The first-order valence-electron chi connectivity index (χ1n) is 14.8. The molecule has 6 heterocycles. The SMILES string of the molecule is Nc1ncnc2c1nc(N)n2[C@@H]1O[C@H](C[N+]2(CCCCNC(=O)CCCC[C@@H]3SC[C@@H]4NC(=O)N[C@@H]43)CC2)[C@@H](O)[C@H]1O. The lowest BCUT2D eigenvalue weighted by molar-refractivity contribution is -0.804. The van der Waals surface area contributed by atoms with Crippen LogP contribution in [0.5, 0.6) is 0 Å². The minimum Gasteiger partial charge on any atom is -0.387 e. The van der Waals surface area contributed by atoms with Crippen LogP contribution in [0.2, 0.25) is 0 Å². The molecule has 0 radical (unpaired) electrons. The lowest BCUT2D eigenvalue weighted by Crippen LogP contribution is -2.42. The fraction of sp³-hybridized carbons (Fsp3) is 0.731. The van der Waals surface area contributed by atoms with Crippen LogP contribution in [0.15, 0.2) is 6.33 Å². The molecular weight excluding hydrogens is 564 g/mol. The summed E-state index contributed by atoms with van der Waals surface area (Å²) in [5.41, 5.74) is 12.7. The molecule has 9 N–H and O–H groups in total. The third kappa shape index (κ3) is 5.95. The van der Waals surface area contributed by atoms with Gasteiger partial charge in [0.1, 0.15) is 44.3 Å². The van der Waals surface area contributed by atoms with Crippen molar-refractivity contribution in [2.24, 2.45) is 0 Å². The van der Waals surface area contributed by atoms with Gasteiger partial charge in [0.2, 0.25) is 11.9 Å². The number of fused-ring (bicyclic) bond motifs is 2. The molecule has 0 aromatic carbocycles. The Labute approximate surface area is 247 Å². The first-order chi connectivity index (χ1) is 20.2. The van der Waals surface area contributed by atoms with E-state index in [1.807, 2.05) is 11.8 Å². The number of carbonyl (C=O) groups excluding carboxylic acids is 2. The molecule has 4 aliphatic heterocycles. The maximum Gasteiger partial charge on any atom is 0.315 e. The maximum atomic E-state index is 12.3. The Kier molecular flexibility index (Phi) is 8.33. The Morgan fingerprint density at radius 1 is 1.17 bits per heavy atom. The molecule has 3 amide bonds. The molecule has 2 aromatic rings. The molecule has 0 saturated carbocycles. The highest BCUT2D eigenvalue weighted by Gasteiger charge is 2.52. The first-order valence-corrected chi connectivity index (χ1v) is 15.9. The second kappa shape index (κ2) is 12.0. The Morgan fingerprint density at radius 3 is 2.81 bits per heavy atom. The van der Waals surface area contributed by atoms with Gasteiger partial charge >= 0.3 is 6.03 Å². The lowest BCUT2D eigenvalue weighted by atomic mass is 10.0. The van der Waals surface area contributed by atoms with E-state index in [0.29, 0.717) is 35.9 Å². The topological polar surface area (TPSA) is 216 Å². The van der Waals surface area contributed by atoms with Crippen LogP contribution in [-0.2, 0) is 9.53 Å². The average molecular weight is 606 g/mol. The van der Waals surface area contributed by atoms with Crippen molar-refractivity contribution in [3.8, 4) is 0 Å². The molecule has 42 heavy (non-hydrogen) atoms. The summed E-state index contributed by atoms with van der Waals surface area (Å²) >= 11 is 1.90. The summed E-state index contributed by atoms with van der Waals surface area (Å²) in [6.45, 7) is 4.10. The number of nitrogens with one attached hydrogen (secondary N) is 3. The Morgan fingerprint density at radius 2 is 2.00 bits per heavy atom. The molecule has 16 heteroatoms. The fourth-order valence-electron chi connectivity index (χ4n) is 6.47. The minimum atomic E-state index is -1.20. The van der Waals surface area contributed by atoms with Gasteiger partial charge in [-0.2, -0.15) is 11.8 Å². The molecule has 15 nitrogen and oxygen atoms in total. The van der Waals surface area contributed by atoms with Gasteiger partial charge in [-0.3, -0.25) is 9.36 Å². The number of aromatic nitrogens is 4. The largest absolute Gasteiger partial charge is 0.387 e. The molecule has 4 aliphatic rings. The third-order valence-corrected chi connectivity index (χ3v) is 10.5. The van der Waals surface area contributed by atoms with Crippen LogP contribution in [0.1, 0.15) is 44.8 Å². The van der Waals surface area contributed by atoms with Gasteiger partial charge in [0.05, 0.1) is 18.6 Å². The van der Waals surface area contributed by atoms with Gasteiger partial charge in [-0.15, -0.1) is 0 Å². The second-order valence-corrected chi connectivity index (χ2v) is 13.2. The van der Waals surface area contributed by atoms with E-state index in [-0.39, 0.29) is 35.8 Å². The number of thioether (sulfide) groups is 1. The number of quaternary nitrogens is 1. The van der Waals surface area contributed by atoms with Crippen LogP contribution in [0.4, 0.5) is 16.6 Å². The molecule has 4 saturated heterocycles. The molecule has 0 bridgehead atoms. The van der Waals surface area contributed by atoms with Crippen molar-refractivity contribution in [1.29, 1.82) is 0 Å². The van der Waals surface area contributed by atoms with E-state index in [1.54, 1.807) is 0 Å². The van der Waals surface area contributed by atoms with Crippen LogP contribution in [0.3, 0.4) is 0 Å². The Hall–Kier alpha value is -2.92. The van der Waals surface area contributed by atoms with Crippen LogP contribution >= 0.6 is 11.8 Å². The summed E-state index contributed by atoms with van der Waals surface area (Å²) in [6.07, 6.45) is 2.66. The number of hydrogen-bond acceptors (Lipinski definition) is 11. The van der Waals surface area contributed by atoms with Crippen LogP contribution in [0.25, 0.3) is 11.2 Å². The zero-order chi connectivity index (χ0) is 29.4. The number of unbranched alkanes of at least 4 members (excludes halogenated alkanes) is 2. The van der Waals surface area contributed by atoms with Gasteiger partial charge in [-0.1, -0.05) is 6.42 Å². The molecule has 2 aromatic heterocycles. The highest BCUT2D eigenvalue weighted by Crippen LogP contribution is 2.37. The van der Waals surface area contributed by atoms with E-state index in [0.717, 1.165) is 62.0 Å². The van der Waals surface area contributed by atoms with E-state index in [4.69, 9.17) is 16.2 Å². The molecule has 4 fully saturated rings. The average Bonchev–Trinajstić information content (AvgIpc) is 3.15. The number of urea groups is 1. The number of aliphatic hydroxyl groups excluding tert-OH is 2. The number of nitrogens with two attached hydrogens (primary N) is 2. The van der Waals surface area contributed by atoms with Gasteiger partial charge in [0, 0.05) is 24.0 Å².